The molecule has 0 aliphatic carbocycles. The topological polar surface area (TPSA) is 72.3 Å². The number of carboxylic acid groups (broad SMARTS) is 1. The van der Waals surface area contributed by atoms with Gasteiger partial charge in [-0.25, -0.2) is 14.8 Å². The van der Waals surface area contributed by atoms with Crippen molar-refractivity contribution in [2.24, 2.45) is 0 Å². The number of nitrogens with zero attached hydrogens (tertiary/aromatic N) is 2. The third-order valence-electron chi connectivity index (χ3n) is 3.00. The monoisotopic (exact) mass is 286 g/mol. The molecule has 110 valence electrons. The summed E-state index contributed by atoms with van der Waals surface area (Å²) in [5, 5.41) is 9.19. The largest absolute Gasteiger partial charge is 0.494 e. The van der Waals surface area contributed by atoms with Crippen LogP contribution in [-0.4, -0.2) is 27.7 Å². The van der Waals surface area contributed by atoms with Crippen LogP contribution in [0.5, 0.6) is 5.75 Å². The van der Waals surface area contributed by atoms with Crippen molar-refractivity contribution in [1.29, 1.82) is 0 Å². The molecule has 0 aliphatic heterocycles. The van der Waals surface area contributed by atoms with E-state index in [9.17, 15) is 9.90 Å². The van der Waals surface area contributed by atoms with Gasteiger partial charge in [-0.15, -0.1) is 0 Å². The molecule has 0 saturated heterocycles. The fraction of sp³-hybridized carbons (Fsp3) is 0.312. The molecule has 0 bridgehead atoms. The number of benzene rings is 1. The fourth-order valence-corrected chi connectivity index (χ4v) is 2.03. The summed E-state index contributed by atoms with van der Waals surface area (Å²) in [5.41, 5.74) is 1.49. The van der Waals surface area contributed by atoms with Gasteiger partial charge in [0.15, 0.2) is 5.82 Å². The van der Waals surface area contributed by atoms with E-state index in [-0.39, 0.29) is 11.5 Å². The Kier molecular flexibility index (Phi) is 4.52. The number of carboxylic acids is 1. The molecule has 1 N–H and O–H groups in total. The molecule has 0 saturated carbocycles. The van der Waals surface area contributed by atoms with Crippen LogP contribution >= 0.6 is 0 Å². The molecule has 1 aromatic heterocycles. The number of rotatable bonds is 5. The number of hydrogen-bond acceptors (Lipinski definition) is 4. The molecule has 2 rings (SSSR count). The highest BCUT2D eigenvalue weighted by Gasteiger charge is 2.17. The third-order valence-corrected chi connectivity index (χ3v) is 3.00. The van der Waals surface area contributed by atoms with E-state index in [1.807, 2.05) is 45.0 Å². The predicted molar refractivity (Wildman–Crippen MR) is 79.7 cm³/mol. The average Bonchev–Trinajstić information content (AvgIpc) is 2.47. The Morgan fingerprint density at radius 1 is 1.38 bits per heavy atom. The van der Waals surface area contributed by atoms with Crippen molar-refractivity contribution in [2.75, 3.05) is 6.61 Å². The van der Waals surface area contributed by atoms with E-state index in [2.05, 4.69) is 9.97 Å². The van der Waals surface area contributed by atoms with Gasteiger partial charge in [-0.3, -0.25) is 0 Å². The van der Waals surface area contributed by atoms with E-state index >= 15 is 0 Å². The first kappa shape index (κ1) is 15.0. The molecule has 2 aromatic rings. The zero-order valence-electron chi connectivity index (χ0n) is 12.3. The average molecular weight is 286 g/mol. The Balaban J connectivity index is 2.47. The Morgan fingerprint density at radius 3 is 2.76 bits per heavy atom. The fourth-order valence-electron chi connectivity index (χ4n) is 2.03. The Morgan fingerprint density at radius 2 is 2.14 bits per heavy atom. The van der Waals surface area contributed by atoms with E-state index in [0.29, 0.717) is 18.1 Å². The summed E-state index contributed by atoms with van der Waals surface area (Å²) in [7, 11) is 0. The quantitative estimate of drug-likeness (QED) is 0.912. The summed E-state index contributed by atoms with van der Waals surface area (Å²) in [6.07, 6.45) is 1.37. The lowest BCUT2D eigenvalue weighted by Crippen LogP contribution is -2.08. The van der Waals surface area contributed by atoms with Gasteiger partial charge in [-0.05, 0) is 25.0 Å². The second-order valence-electron chi connectivity index (χ2n) is 4.91. The molecule has 21 heavy (non-hydrogen) atoms. The summed E-state index contributed by atoms with van der Waals surface area (Å²) < 4.78 is 5.46. The van der Waals surface area contributed by atoms with Crippen molar-refractivity contribution in [3.05, 3.63) is 41.7 Å². The summed E-state index contributed by atoms with van der Waals surface area (Å²) in [5.74, 6) is 0.249. The van der Waals surface area contributed by atoms with Crippen LogP contribution in [0, 0.1) is 0 Å². The molecular formula is C16H18N2O3. The normalized spacial score (nSPS) is 10.7. The number of aromatic nitrogens is 2. The van der Waals surface area contributed by atoms with Gasteiger partial charge in [0.1, 0.15) is 5.75 Å². The second kappa shape index (κ2) is 6.35. The first-order chi connectivity index (χ1) is 10.0. The predicted octanol–water partition coefficient (Wildman–Crippen LogP) is 3.36. The minimum atomic E-state index is -1.01. The SMILES string of the molecule is CCOc1cccc(-c2ncc(C(=O)O)c(C(C)C)n2)c1. The molecule has 0 radical (unpaired) electrons. The smallest absolute Gasteiger partial charge is 0.339 e. The summed E-state index contributed by atoms with van der Waals surface area (Å²) in [4.78, 5) is 19.8. The summed E-state index contributed by atoms with van der Waals surface area (Å²) in [6, 6.07) is 7.46. The van der Waals surface area contributed by atoms with Crippen LogP contribution < -0.4 is 4.74 Å². The lowest BCUT2D eigenvalue weighted by atomic mass is 10.0. The molecule has 1 aromatic carbocycles. The molecule has 0 fully saturated rings. The zero-order chi connectivity index (χ0) is 15.4. The van der Waals surface area contributed by atoms with E-state index in [1.165, 1.54) is 6.20 Å². The Hall–Kier alpha value is -2.43. The van der Waals surface area contributed by atoms with Gasteiger partial charge < -0.3 is 9.84 Å². The van der Waals surface area contributed by atoms with E-state index < -0.39 is 5.97 Å². The van der Waals surface area contributed by atoms with Gasteiger partial charge in [0.25, 0.3) is 0 Å². The van der Waals surface area contributed by atoms with Gasteiger partial charge in [-0.2, -0.15) is 0 Å². The highest BCUT2D eigenvalue weighted by Crippen LogP contribution is 2.24. The van der Waals surface area contributed by atoms with Crippen molar-refractivity contribution in [3.8, 4) is 17.1 Å². The summed E-state index contributed by atoms with van der Waals surface area (Å²) >= 11 is 0. The number of hydrogen-bond donors (Lipinski definition) is 1. The van der Waals surface area contributed by atoms with Crippen molar-refractivity contribution >= 4 is 5.97 Å². The van der Waals surface area contributed by atoms with Crippen LogP contribution in [0.15, 0.2) is 30.5 Å². The van der Waals surface area contributed by atoms with Crippen LogP contribution in [-0.2, 0) is 0 Å². The maximum atomic E-state index is 11.2. The molecular weight excluding hydrogens is 268 g/mol. The first-order valence-corrected chi connectivity index (χ1v) is 6.86. The zero-order valence-corrected chi connectivity index (χ0v) is 12.3. The van der Waals surface area contributed by atoms with Gasteiger partial charge in [0.2, 0.25) is 0 Å². The van der Waals surface area contributed by atoms with Gasteiger partial charge >= 0.3 is 5.97 Å². The van der Waals surface area contributed by atoms with Crippen molar-refractivity contribution < 1.29 is 14.6 Å². The van der Waals surface area contributed by atoms with Gasteiger partial charge in [0, 0.05) is 11.8 Å². The molecule has 0 amide bonds. The number of carbonyl (C=O) groups is 1. The van der Waals surface area contributed by atoms with Crippen LogP contribution in [0.2, 0.25) is 0 Å². The van der Waals surface area contributed by atoms with Crippen LogP contribution in [0.3, 0.4) is 0 Å². The molecule has 0 aliphatic rings. The highest BCUT2D eigenvalue weighted by molar-refractivity contribution is 5.88. The maximum Gasteiger partial charge on any atom is 0.339 e. The van der Waals surface area contributed by atoms with Crippen molar-refractivity contribution in [2.45, 2.75) is 26.7 Å². The highest BCUT2D eigenvalue weighted by atomic mass is 16.5. The molecule has 0 unspecified atom stereocenters. The maximum absolute atomic E-state index is 11.2. The molecule has 5 nitrogen and oxygen atoms in total. The Bertz CT molecular complexity index is 654. The van der Waals surface area contributed by atoms with Crippen LogP contribution in [0.25, 0.3) is 11.4 Å². The van der Waals surface area contributed by atoms with Gasteiger partial charge in [-0.1, -0.05) is 26.0 Å². The van der Waals surface area contributed by atoms with E-state index in [1.54, 1.807) is 0 Å². The van der Waals surface area contributed by atoms with Crippen LogP contribution in [0.1, 0.15) is 42.7 Å². The molecule has 5 heteroatoms. The summed E-state index contributed by atoms with van der Waals surface area (Å²) in [6.45, 7) is 6.32. The second-order valence-corrected chi connectivity index (χ2v) is 4.91. The number of aromatic carboxylic acids is 1. The number of ether oxygens (including phenoxy) is 1. The first-order valence-electron chi connectivity index (χ1n) is 6.86. The minimum Gasteiger partial charge on any atom is -0.494 e. The van der Waals surface area contributed by atoms with Crippen molar-refractivity contribution in [1.82, 2.24) is 9.97 Å². The molecule has 0 atom stereocenters. The molecule has 0 spiro atoms. The van der Waals surface area contributed by atoms with Crippen molar-refractivity contribution in [3.63, 3.8) is 0 Å². The van der Waals surface area contributed by atoms with Crippen LogP contribution in [0.4, 0.5) is 0 Å². The lowest BCUT2D eigenvalue weighted by molar-refractivity contribution is 0.0694. The van der Waals surface area contributed by atoms with E-state index in [4.69, 9.17) is 4.74 Å². The third kappa shape index (κ3) is 3.37. The standard InChI is InChI=1S/C16H18N2O3/c1-4-21-12-7-5-6-11(8-12)15-17-9-13(16(19)20)14(18-15)10(2)3/h5-10H,4H2,1-3H3,(H,19,20). The minimum absolute atomic E-state index is 0.00734. The Labute approximate surface area is 123 Å². The van der Waals surface area contributed by atoms with E-state index in [0.717, 1.165) is 11.3 Å². The lowest BCUT2D eigenvalue weighted by Gasteiger charge is -2.11. The molecule has 1 heterocycles. The van der Waals surface area contributed by atoms with Gasteiger partial charge in [0.05, 0.1) is 17.9 Å².